The summed E-state index contributed by atoms with van der Waals surface area (Å²) in [5.74, 6) is 0. The number of H-pyrrole nitrogens is 1. The molecule has 0 amide bonds. The van der Waals surface area contributed by atoms with Gasteiger partial charge in [0.25, 0.3) is 0 Å². The van der Waals surface area contributed by atoms with Gasteiger partial charge in [-0.2, -0.15) is 0 Å². The van der Waals surface area contributed by atoms with Crippen molar-refractivity contribution in [1.82, 2.24) is 15.3 Å². The Morgan fingerprint density at radius 1 is 1.64 bits per heavy atom. The van der Waals surface area contributed by atoms with Crippen LogP contribution in [0.3, 0.4) is 0 Å². The van der Waals surface area contributed by atoms with E-state index in [2.05, 4.69) is 22.2 Å². The second-order valence-electron chi connectivity index (χ2n) is 2.16. The van der Waals surface area contributed by atoms with Gasteiger partial charge in [-0.3, -0.25) is 0 Å². The smallest absolute Gasteiger partial charge is 0.0923 e. The first-order valence-electron chi connectivity index (χ1n) is 3.62. The summed E-state index contributed by atoms with van der Waals surface area (Å²) < 4.78 is 0. The van der Waals surface area contributed by atoms with Gasteiger partial charge >= 0.3 is 0 Å². The fourth-order valence-electron chi connectivity index (χ4n) is 0.821. The van der Waals surface area contributed by atoms with Gasteiger partial charge in [-0.15, -0.1) is 12.4 Å². The minimum absolute atomic E-state index is 0. The summed E-state index contributed by atoms with van der Waals surface area (Å²) in [5.41, 5.74) is 1.13. The molecule has 11 heavy (non-hydrogen) atoms. The zero-order valence-corrected chi connectivity index (χ0v) is 7.45. The van der Waals surface area contributed by atoms with E-state index in [4.69, 9.17) is 0 Å². The van der Waals surface area contributed by atoms with E-state index in [1.807, 2.05) is 6.20 Å². The molecule has 1 aromatic rings. The molecule has 0 radical (unpaired) electrons. The van der Waals surface area contributed by atoms with Crippen molar-refractivity contribution in [3.63, 3.8) is 0 Å². The largest absolute Gasteiger partial charge is 0.351 e. The van der Waals surface area contributed by atoms with Gasteiger partial charge in [-0.05, 0) is 6.54 Å². The van der Waals surface area contributed by atoms with Crippen LogP contribution in [0.2, 0.25) is 0 Å². The van der Waals surface area contributed by atoms with Crippen LogP contribution < -0.4 is 5.32 Å². The molecule has 0 unspecified atom stereocenters. The second-order valence-corrected chi connectivity index (χ2v) is 2.16. The minimum Gasteiger partial charge on any atom is -0.351 e. The lowest BCUT2D eigenvalue weighted by molar-refractivity contribution is 0.710. The average Bonchev–Trinajstić information content (AvgIpc) is 2.41. The van der Waals surface area contributed by atoms with E-state index >= 15 is 0 Å². The van der Waals surface area contributed by atoms with Crippen LogP contribution in [0.1, 0.15) is 12.6 Å². The molecule has 3 nitrogen and oxygen atoms in total. The van der Waals surface area contributed by atoms with Gasteiger partial charge in [0.05, 0.1) is 12.0 Å². The summed E-state index contributed by atoms with van der Waals surface area (Å²) in [6.45, 7) is 4.15. The zero-order valence-electron chi connectivity index (χ0n) is 6.63. The fourth-order valence-corrected chi connectivity index (χ4v) is 0.821. The molecule has 0 aliphatic rings. The van der Waals surface area contributed by atoms with Crippen molar-refractivity contribution < 1.29 is 0 Å². The minimum atomic E-state index is 0. The Morgan fingerprint density at radius 2 is 2.45 bits per heavy atom. The Kier molecular flexibility index (Phi) is 5.88. The maximum Gasteiger partial charge on any atom is 0.0923 e. The molecule has 1 aromatic heterocycles. The van der Waals surface area contributed by atoms with E-state index in [0.29, 0.717) is 0 Å². The number of hydrogen-bond donors (Lipinski definition) is 2. The summed E-state index contributed by atoms with van der Waals surface area (Å²) in [6, 6.07) is 0. The number of likely N-dealkylation sites (N-methyl/N-ethyl adjacent to an activating group) is 1. The molecule has 1 heterocycles. The molecule has 2 N–H and O–H groups in total. The standard InChI is InChI=1S/C7H13N3.ClH/c1-2-8-4-3-7-5-9-6-10-7;/h5-6,8H,2-4H2,1H3,(H,9,10);1H. The van der Waals surface area contributed by atoms with Crippen LogP contribution >= 0.6 is 12.4 Å². The normalized spacial score (nSPS) is 9.18. The van der Waals surface area contributed by atoms with Gasteiger partial charge in [-0.25, -0.2) is 4.98 Å². The third kappa shape index (κ3) is 4.01. The molecule has 0 aliphatic carbocycles. The number of halogens is 1. The van der Waals surface area contributed by atoms with Crippen molar-refractivity contribution in [1.29, 1.82) is 0 Å². The van der Waals surface area contributed by atoms with Crippen LogP contribution in [-0.2, 0) is 6.42 Å². The van der Waals surface area contributed by atoms with Crippen LogP contribution in [-0.4, -0.2) is 23.1 Å². The van der Waals surface area contributed by atoms with Crippen molar-refractivity contribution in [2.24, 2.45) is 0 Å². The zero-order chi connectivity index (χ0) is 7.23. The number of aromatic amines is 1. The Bertz CT molecular complexity index is 162. The summed E-state index contributed by atoms with van der Waals surface area (Å²) in [7, 11) is 0. The summed E-state index contributed by atoms with van der Waals surface area (Å²) in [4.78, 5) is 7.01. The monoisotopic (exact) mass is 175 g/mol. The molecule has 0 spiro atoms. The lowest BCUT2D eigenvalue weighted by atomic mass is 10.3. The van der Waals surface area contributed by atoms with Gasteiger partial charge in [0.2, 0.25) is 0 Å². The van der Waals surface area contributed by atoms with Crippen molar-refractivity contribution in [3.05, 3.63) is 18.2 Å². The van der Waals surface area contributed by atoms with Gasteiger partial charge in [0.15, 0.2) is 0 Å². The first-order chi connectivity index (χ1) is 4.93. The predicted molar refractivity (Wildman–Crippen MR) is 48.1 cm³/mol. The molecule has 0 saturated heterocycles. The first kappa shape index (κ1) is 10.5. The lowest BCUT2D eigenvalue weighted by Crippen LogP contribution is -2.16. The number of nitrogens with zero attached hydrogens (tertiary/aromatic N) is 1. The van der Waals surface area contributed by atoms with Gasteiger partial charge in [-0.1, -0.05) is 6.92 Å². The van der Waals surface area contributed by atoms with Crippen LogP contribution in [0.5, 0.6) is 0 Å². The maximum atomic E-state index is 4.09. The molecule has 0 fully saturated rings. The highest BCUT2D eigenvalue weighted by atomic mass is 35.5. The molecule has 4 heteroatoms. The van der Waals surface area contributed by atoms with Crippen LogP contribution in [0.25, 0.3) is 0 Å². The van der Waals surface area contributed by atoms with Crippen LogP contribution in [0, 0.1) is 0 Å². The molecule has 0 atom stereocenters. The van der Waals surface area contributed by atoms with E-state index in [1.165, 1.54) is 0 Å². The van der Waals surface area contributed by atoms with Crippen LogP contribution in [0.15, 0.2) is 12.5 Å². The molecule has 0 bridgehead atoms. The molecular formula is C7H14ClN3. The lowest BCUT2D eigenvalue weighted by Gasteiger charge is -1.96. The van der Waals surface area contributed by atoms with Crippen molar-refractivity contribution in [3.8, 4) is 0 Å². The van der Waals surface area contributed by atoms with E-state index < -0.39 is 0 Å². The second kappa shape index (κ2) is 6.19. The molecule has 64 valence electrons. The Balaban J connectivity index is 0.000001000. The van der Waals surface area contributed by atoms with E-state index in [0.717, 1.165) is 25.2 Å². The number of rotatable bonds is 4. The molecule has 0 aliphatic heterocycles. The fraction of sp³-hybridized carbons (Fsp3) is 0.571. The van der Waals surface area contributed by atoms with Gasteiger partial charge in [0.1, 0.15) is 0 Å². The third-order valence-electron chi connectivity index (χ3n) is 1.36. The van der Waals surface area contributed by atoms with E-state index in [9.17, 15) is 0 Å². The molecule has 0 aromatic carbocycles. The van der Waals surface area contributed by atoms with Crippen molar-refractivity contribution in [2.75, 3.05) is 13.1 Å². The van der Waals surface area contributed by atoms with Crippen molar-refractivity contribution >= 4 is 12.4 Å². The molecular weight excluding hydrogens is 162 g/mol. The number of aromatic nitrogens is 2. The summed E-state index contributed by atoms with van der Waals surface area (Å²) in [5, 5.41) is 3.23. The maximum absolute atomic E-state index is 4.09. The van der Waals surface area contributed by atoms with E-state index in [1.54, 1.807) is 6.33 Å². The highest BCUT2D eigenvalue weighted by Gasteiger charge is 1.91. The number of nitrogens with one attached hydrogen (secondary N) is 2. The van der Waals surface area contributed by atoms with E-state index in [-0.39, 0.29) is 12.4 Å². The van der Waals surface area contributed by atoms with Crippen molar-refractivity contribution in [2.45, 2.75) is 13.3 Å². The number of imidazole rings is 1. The third-order valence-corrected chi connectivity index (χ3v) is 1.36. The number of hydrogen-bond acceptors (Lipinski definition) is 2. The van der Waals surface area contributed by atoms with Gasteiger partial charge in [0, 0.05) is 19.2 Å². The average molecular weight is 176 g/mol. The molecule has 1 rings (SSSR count). The summed E-state index contributed by atoms with van der Waals surface area (Å²) in [6.07, 6.45) is 4.65. The Hall–Kier alpha value is -0.540. The van der Waals surface area contributed by atoms with Gasteiger partial charge < -0.3 is 10.3 Å². The Labute approximate surface area is 73.0 Å². The highest BCUT2D eigenvalue weighted by Crippen LogP contribution is 1.89. The quantitative estimate of drug-likeness (QED) is 0.670. The Morgan fingerprint density at radius 3 is 3.00 bits per heavy atom. The SMILES string of the molecule is CCNCCc1c[nH]cn1.Cl. The summed E-state index contributed by atoms with van der Waals surface area (Å²) >= 11 is 0. The predicted octanol–water partition coefficient (Wildman–Crippen LogP) is 0.983. The topological polar surface area (TPSA) is 40.7 Å². The highest BCUT2D eigenvalue weighted by molar-refractivity contribution is 5.85. The first-order valence-corrected chi connectivity index (χ1v) is 3.62. The molecule has 0 saturated carbocycles. The van der Waals surface area contributed by atoms with Crippen LogP contribution in [0.4, 0.5) is 0 Å².